The molecule has 0 spiro atoms. The second-order valence-corrected chi connectivity index (χ2v) is 7.14. The number of hydrogen-bond acceptors (Lipinski definition) is 4. The summed E-state index contributed by atoms with van der Waals surface area (Å²) in [7, 11) is -3.58. The van der Waals surface area contributed by atoms with Gasteiger partial charge in [-0.05, 0) is 38.1 Å². The minimum Gasteiger partial charge on any atom is -0.325 e. The normalized spacial score (nSPS) is 12.2. The quantitative estimate of drug-likeness (QED) is 0.843. The van der Waals surface area contributed by atoms with Crippen molar-refractivity contribution in [2.75, 3.05) is 16.8 Å². The number of hydrogen-bond donors (Lipinski definition) is 2. The molecule has 0 radical (unpaired) electrons. The highest BCUT2D eigenvalue weighted by Gasteiger charge is 2.24. The van der Waals surface area contributed by atoms with Crippen LogP contribution in [0.15, 0.2) is 24.3 Å². The standard InChI is InChI=1S/C12H17FN2O3S/c1-12(2,14)8-19(17,18)7-11(16)15-10-5-3-9(13)4-6-10/h3-6H,7-8,14H2,1-2H3,(H,15,16). The van der Waals surface area contributed by atoms with Gasteiger partial charge in [-0.15, -0.1) is 0 Å². The molecule has 0 aliphatic rings. The number of halogens is 1. The maximum Gasteiger partial charge on any atom is 0.239 e. The van der Waals surface area contributed by atoms with Gasteiger partial charge in [0.15, 0.2) is 9.84 Å². The van der Waals surface area contributed by atoms with E-state index in [0.717, 1.165) is 0 Å². The van der Waals surface area contributed by atoms with Crippen LogP contribution < -0.4 is 11.1 Å². The maximum absolute atomic E-state index is 12.7. The zero-order valence-electron chi connectivity index (χ0n) is 10.8. The highest BCUT2D eigenvalue weighted by molar-refractivity contribution is 7.92. The van der Waals surface area contributed by atoms with Crippen molar-refractivity contribution >= 4 is 21.4 Å². The van der Waals surface area contributed by atoms with Crippen LogP contribution in [0, 0.1) is 5.82 Å². The first kappa shape index (κ1) is 15.6. The average molecular weight is 288 g/mol. The molecule has 0 aliphatic carbocycles. The van der Waals surface area contributed by atoms with Gasteiger partial charge in [0.25, 0.3) is 0 Å². The molecular formula is C12H17FN2O3S. The van der Waals surface area contributed by atoms with Crippen LogP contribution in [0.2, 0.25) is 0 Å². The first-order chi connectivity index (χ1) is 8.57. The van der Waals surface area contributed by atoms with Gasteiger partial charge in [0, 0.05) is 11.2 Å². The van der Waals surface area contributed by atoms with E-state index in [1.54, 1.807) is 13.8 Å². The Bertz CT molecular complexity index is 547. The third-order valence-corrected chi connectivity index (χ3v) is 3.96. The van der Waals surface area contributed by atoms with Crippen LogP contribution in [0.3, 0.4) is 0 Å². The van der Waals surface area contributed by atoms with Crippen molar-refractivity contribution in [3.05, 3.63) is 30.1 Å². The molecule has 0 saturated heterocycles. The molecule has 0 saturated carbocycles. The smallest absolute Gasteiger partial charge is 0.239 e. The Kier molecular flexibility index (Phi) is 4.65. The molecule has 0 heterocycles. The highest BCUT2D eigenvalue weighted by Crippen LogP contribution is 2.09. The van der Waals surface area contributed by atoms with Crippen molar-refractivity contribution in [1.29, 1.82) is 0 Å². The molecule has 3 N–H and O–H groups in total. The van der Waals surface area contributed by atoms with E-state index < -0.39 is 32.9 Å². The largest absolute Gasteiger partial charge is 0.325 e. The van der Waals surface area contributed by atoms with Crippen LogP contribution >= 0.6 is 0 Å². The third kappa shape index (κ3) is 6.30. The fourth-order valence-electron chi connectivity index (χ4n) is 1.55. The van der Waals surface area contributed by atoms with E-state index in [1.165, 1.54) is 24.3 Å². The molecule has 0 fully saturated rings. The lowest BCUT2D eigenvalue weighted by Crippen LogP contribution is -2.42. The van der Waals surface area contributed by atoms with E-state index in [9.17, 15) is 17.6 Å². The van der Waals surface area contributed by atoms with Crippen LogP contribution in [-0.2, 0) is 14.6 Å². The topological polar surface area (TPSA) is 89.3 Å². The van der Waals surface area contributed by atoms with Gasteiger partial charge in [-0.2, -0.15) is 0 Å². The molecule has 19 heavy (non-hydrogen) atoms. The summed E-state index contributed by atoms with van der Waals surface area (Å²) in [4.78, 5) is 11.6. The Morgan fingerprint density at radius 3 is 2.32 bits per heavy atom. The molecule has 1 amide bonds. The molecule has 1 aromatic carbocycles. The van der Waals surface area contributed by atoms with Crippen molar-refractivity contribution in [2.24, 2.45) is 5.73 Å². The fraction of sp³-hybridized carbons (Fsp3) is 0.417. The Morgan fingerprint density at radius 1 is 1.32 bits per heavy atom. The zero-order chi connectivity index (χ0) is 14.7. The van der Waals surface area contributed by atoms with E-state index >= 15 is 0 Å². The monoisotopic (exact) mass is 288 g/mol. The van der Waals surface area contributed by atoms with E-state index in [0.29, 0.717) is 5.69 Å². The summed E-state index contributed by atoms with van der Waals surface area (Å²) >= 11 is 0. The van der Waals surface area contributed by atoms with Crippen molar-refractivity contribution < 1.29 is 17.6 Å². The van der Waals surface area contributed by atoms with Gasteiger partial charge in [-0.25, -0.2) is 12.8 Å². The van der Waals surface area contributed by atoms with Crippen molar-refractivity contribution in [1.82, 2.24) is 0 Å². The summed E-state index contributed by atoms with van der Waals surface area (Å²) in [5.41, 5.74) is 5.06. The Morgan fingerprint density at radius 2 is 1.84 bits per heavy atom. The lowest BCUT2D eigenvalue weighted by Gasteiger charge is -2.17. The molecular weight excluding hydrogens is 271 g/mol. The highest BCUT2D eigenvalue weighted by atomic mass is 32.2. The number of nitrogens with two attached hydrogens (primary N) is 1. The number of benzene rings is 1. The number of carbonyl (C=O) groups excluding carboxylic acids is 1. The Balaban J connectivity index is 2.63. The minimum absolute atomic E-state index is 0.281. The van der Waals surface area contributed by atoms with Gasteiger partial charge in [0.2, 0.25) is 5.91 Å². The second kappa shape index (κ2) is 5.66. The second-order valence-electron chi connectivity index (χ2n) is 5.08. The van der Waals surface area contributed by atoms with Crippen LogP contribution in [0.4, 0.5) is 10.1 Å². The van der Waals surface area contributed by atoms with Crippen LogP contribution in [-0.4, -0.2) is 31.4 Å². The molecule has 106 valence electrons. The number of rotatable bonds is 5. The maximum atomic E-state index is 12.7. The van der Waals surface area contributed by atoms with Gasteiger partial charge in [-0.3, -0.25) is 4.79 Å². The molecule has 0 aromatic heterocycles. The average Bonchev–Trinajstić information content (AvgIpc) is 2.16. The van der Waals surface area contributed by atoms with Crippen LogP contribution in [0.5, 0.6) is 0 Å². The Labute approximate surface area is 111 Å². The number of amides is 1. The number of anilines is 1. The number of nitrogens with one attached hydrogen (secondary N) is 1. The van der Waals surface area contributed by atoms with Crippen molar-refractivity contribution in [3.8, 4) is 0 Å². The van der Waals surface area contributed by atoms with Gasteiger partial charge in [-0.1, -0.05) is 0 Å². The predicted molar refractivity (Wildman–Crippen MR) is 71.9 cm³/mol. The first-order valence-corrected chi connectivity index (χ1v) is 7.44. The predicted octanol–water partition coefficient (Wildman–Crippen LogP) is 0.916. The molecule has 1 rings (SSSR count). The molecule has 7 heteroatoms. The van der Waals surface area contributed by atoms with Gasteiger partial charge in [0.1, 0.15) is 11.6 Å². The van der Waals surface area contributed by atoms with Crippen LogP contribution in [0.1, 0.15) is 13.8 Å². The van der Waals surface area contributed by atoms with Crippen molar-refractivity contribution in [3.63, 3.8) is 0 Å². The van der Waals surface area contributed by atoms with E-state index in [1.807, 2.05) is 0 Å². The summed E-state index contributed by atoms with van der Waals surface area (Å²) in [5, 5.41) is 2.39. The third-order valence-electron chi connectivity index (χ3n) is 2.07. The van der Waals surface area contributed by atoms with E-state index in [-0.39, 0.29) is 5.75 Å². The molecule has 0 atom stereocenters. The molecule has 0 unspecified atom stereocenters. The Hall–Kier alpha value is -1.47. The van der Waals surface area contributed by atoms with Gasteiger partial charge >= 0.3 is 0 Å². The summed E-state index contributed by atoms with van der Waals surface area (Å²) in [6.07, 6.45) is 0. The van der Waals surface area contributed by atoms with Gasteiger partial charge in [0.05, 0.1) is 5.75 Å². The fourth-order valence-corrected chi connectivity index (χ4v) is 3.26. The lowest BCUT2D eigenvalue weighted by atomic mass is 10.1. The SMILES string of the molecule is CC(C)(N)CS(=O)(=O)CC(=O)Nc1ccc(F)cc1. The summed E-state index contributed by atoms with van der Waals surface area (Å²) in [6.45, 7) is 3.14. The number of carbonyl (C=O) groups is 1. The first-order valence-electron chi connectivity index (χ1n) is 5.62. The summed E-state index contributed by atoms with van der Waals surface area (Å²) in [6, 6.07) is 5.06. The zero-order valence-corrected chi connectivity index (χ0v) is 11.6. The molecule has 5 nitrogen and oxygen atoms in total. The molecule has 0 bridgehead atoms. The minimum atomic E-state index is -3.58. The summed E-state index contributed by atoms with van der Waals surface area (Å²) in [5.74, 6) is -2.03. The number of sulfone groups is 1. The lowest BCUT2D eigenvalue weighted by molar-refractivity contribution is -0.113. The summed E-state index contributed by atoms with van der Waals surface area (Å²) < 4.78 is 36.1. The van der Waals surface area contributed by atoms with E-state index in [2.05, 4.69) is 5.32 Å². The van der Waals surface area contributed by atoms with E-state index in [4.69, 9.17) is 5.73 Å². The van der Waals surface area contributed by atoms with Gasteiger partial charge < -0.3 is 11.1 Å². The molecule has 1 aromatic rings. The van der Waals surface area contributed by atoms with Crippen LogP contribution in [0.25, 0.3) is 0 Å². The molecule has 0 aliphatic heterocycles. The van der Waals surface area contributed by atoms with Crippen molar-refractivity contribution in [2.45, 2.75) is 19.4 Å².